The molecule has 2 N–H and O–H groups in total. The number of fused-ring (bicyclic) bond motifs is 1. The highest BCUT2D eigenvalue weighted by molar-refractivity contribution is 7.15. The van der Waals surface area contributed by atoms with E-state index in [-0.39, 0.29) is 24.3 Å². The summed E-state index contributed by atoms with van der Waals surface area (Å²) >= 11 is 1.52. The van der Waals surface area contributed by atoms with Gasteiger partial charge < -0.3 is 20.4 Å². The Morgan fingerprint density at radius 2 is 1.86 bits per heavy atom. The van der Waals surface area contributed by atoms with Gasteiger partial charge in [0.05, 0.1) is 12.2 Å². The molecule has 1 aromatic carbocycles. The number of nitrogens with zero attached hydrogens (tertiary/aromatic N) is 3. The summed E-state index contributed by atoms with van der Waals surface area (Å²) in [5, 5.41) is 6.03. The van der Waals surface area contributed by atoms with E-state index >= 15 is 0 Å². The van der Waals surface area contributed by atoms with Crippen LogP contribution in [-0.4, -0.2) is 54.5 Å². The number of amides is 3. The Morgan fingerprint density at radius 1 is 1.11 bits per heavy atom. The van der Waals surface area contributed by atoms with Crippen molar-refractivity contribution in [1.29, 1.82) is 0 Å². The Kier molecular flexibility index (Phi) is 5.43. The number of piperazine rings is 1. The van der Waals surface area contributed by atoms with Crippen molar-refractivity contribution in [3.05, 3.63) is 40.7 Å². The largest absolute Gasteiger partial charge is 0.368 e. The Labute approximate surface area is 166 Å². The van der Waals surface area contributed by atoms with E-state index in [2.05, 4.69) is 20.5 Å². The predicted molar refractivity (Wildman–Crippen MR) is 106 cm³/mol. The van der Waals surface area contributed by atoms with E-state index in [0.717, 1.165) is 30.6 Å². The molecule has 4 rings (SSSR count). The molecule has 7 nitrogen and oxygen atoms in total. The molecule has 0 spiro atoms. The van der Waals surface area contributed by atoms with E-state index in [1.165, 1.54) is 28.3 Å². The van der Waals surface area contributed by atoms with Crippen molar-refractivity contribution in [1.82, 2.24) is 15.2 Å². The van der Waals surface area contributed by atoms with Crippen LogP contribution in [-0.2, 0) is 17.6 Å². The first-order valence-electron chi connectivity index (χ1n) is 9.40. The minimum atomic E-state index is -0.272. The third-order valence-corrected chi connectivity index (χ3v) is 6.07. The van der Waals surface area contributed by atoms with Gasteiger partial charge in [-0.2, -0.15) is 0 Å². The van der Waals surface area contributed by atoms with Crippen molar-refractivity contribution in [2.24, 2.45) is 0 Å². The monoisotopic (exact) mass is 403 g/mol. The van der Waals surface area contributed by atoms with Crippen LogP contribution < -0.4 is 15.5 Å². The number of aromatic nitrogens is 1. The fourth-order valence-electron chi connectivity index (χ4n) is 3.49. The van der Waals surface area contributed by atoms with E-state index in [9.17, 15) is 14.0 Å². The lowest BCUT2D eigenvalue weighted by molar-refractivity contribution is -0.115. The molecule has 1 aliphatic heterocycles. The van der Waals surface area contributed by atoms with Gasteiger partial charge in [0.2, 0.25) is 5.91 Å². The van der Waals surface area contributed by atoms with Gasteiger partial charge in [-0.3, -0.25) is 4.79 Å². The smallest absolute Gasteiger partial charge is 0.317 e. The fraction of sp³-hybridized carbons (Fsp3) is 0.421. The van der Waals surface area contributed by atoms with Gasteiger partial charge in [0.25, 0.3) is 0 Å². The van der Waals surface area contributed by atoms with Crippen LogP contribution in [0.4, 0.5) is 20.0 Å². The van der Waals surface area contributed by atoms with Gasteiger partial charge in [0.15, 0.2) is 5.13 Å². The van der Waals surface area contributed by atoms with Gasteiger partial charge in [-0.25, -0.2) is 14.2 Å². The number of aryl methyl sites for hydroxylation is 2. The van der Waals surface area contributed by atoms with Crippen LogP contribution in [0.15, 0.2) is 24.3 Å². The highest BCUT2D eigenvalue weighted by Gasteiger charge is 2.22. The van der Waals surface area contributed by atoms with Crippen LogP contribution >= 0.6 is 11.3 Å². The van der Waals surface area contributed by atoms with E-state index < -0.39 is 0 Å². The molecular weight excluding hydrogens is 381 g/mol. The maximum atomic E-state index is 13.0. The van der Waals surface area contributed by atoms with Crippen LogP contribution in [0.1, 0.15) is 17.0 Å². The molecule has 0 atom stereocenters. The van der Waals surface area contributed by atoms with Crippen LogP contribution in [0.5, 0.6) is 0 Å². The van der Waals surface area contributed by atoms with Crippen molar-refractivity contribution in [3.8, 4) is 0 Å². The lowest BCUT2D eigenvalue weighted by atomic mass is 10.2. The molecule has 3 amide bonds. The fourth-order valence-corrected chi connectivity index (χ4v) is 4.56. The second-order valence-electron chi connectivity index (χ2n) is 6.90. The van der Waals surface area contributed by atoms with Crippen LogP contribution in [0.25, 0.3) is 0 Å². The number of thiazole rings is 1. The minimum absolute atomic E-state index is 0.0821. The van der Waals surface area contributed by atoms with Crippen molar-refractivity contribution in [3.63, 3.8) is 0 Å². The first-order chi connectivity index (χ1) is 13.6. The number of nitrogens with one attached hydrogen (secondary N) is 2. The standard InChI is InChI=1S/C19H22FN5O2S/c20-13-4-6-14(7-5-13)24-8-10-25(11-9-24)19(27)21-12-17(26)23-18-22-15-2-1-3-16(15)28-18/h4-7H,1-3,8-12H2,(H,21,27)(H,22,23,26). The average Bonchev–Trinajstić information content (AvgIpc) is 3.28. The maximum Gasteiger partial charge on any atom is 0.317 e. The topological polar surface area (TPSA) is 77.6 Å². The van der Waals surface area contributed by atoms with Gasteiger partial charge in [-0.15, -0.1) is 11.3 Å². The molecule has 0 radical (unpaired) electrons. The van der Waals surface area contributed by atoms with Gasteiger partial charge in [0.1, 0.15) is 5.82 Å². The van der Waals surface area contributed by atoms with Gasteiger partial charge in [-0.05, 0) is 43.5 Å². The number of hydrogen-bond acceptors (Lipinski definition) is 5. The molecule has 0 saturated carbocycles. The van der Waals surface area contributed by atoms with Crippen molar-refractivity contribution in [2.75, 3.05) is 42.9 Å². The lowest BCUT2D eigenvalue weighted by Gasteiger charge is -2.36. The zero-order valence-electron chi connectivity index (χ0n) is 15.4. The van der Waals surface area contributed by atoms with Crippen molar-refractivity contribution in [2.45, 2.75) is 19.3 Å². The molecule has 1 saturated heterocycles. The Morgan fingerprint density at radius 3 is 2.57 bits per heavy atom. The molecule has 2 heterocycles. The van der Waals surface area contributed by atoms with Crippen molar-refractivity contribution >= 4 is 34.1 Å². The van der Waals surface area contributed by atoms with Crippen LogP contribution in [0, 0.1) is 5.82 Å². The number of benzene rings is 1. The third-order valence-electron chi connectivity index (χ3n) is 5.00. The zero-order valence-corrected chi connectivity index (χ0v) is 16.2. The van der Waals surface area contributed by atoms with E-state index in [1.807, 2.05) is 0 Å². The Balaban J connectivity index is 1.21. The Hall–Kier alpha value is -2.68. The van der Waals surface area contributed by atoms with Gasteiger partial charge >= 0.3 is 6.03 Å². The third kappa shape index (κ3) is 4.24. The molecule has 0 bridgehead atoms. The number of rotatable bonds is 4. The summed E-state index contributed by atoms with van der Waals surface area (Å²) < 4.78 is 13.0. The maximum absolute atomic E-state index is 13.0. The molecule has 148 valence electrons. The highest BCUT2D eigenvalue weighted by atomic mass is 32.1. The summed E-state index contributed by atoms with van der Waals surface area (Å²) in [5.74, 6) is -0.534. The van der Waals surface area contributed by atoms with E-state index in [0.29, 0.717) is 31.3 Å². The number of anilines is 2. The number of halogens is 1. The second kappa shape index (κ2) is 8.14. The summed E-state index contributed by atoms with van der Waals surface area (Å²) in [6, 6.07) is 6.10. The van der Waals surface area contributed by atoms with Gasteiger partial charge in [0, 0.05) is 36.7 Å². The first-order valence-corrected chi connectivity index (χ1v) is 10.2. The first kappa shape index (κ1) is 18.7. The number of carbonyl (C=O) groups excluding carboxylic acids is 2. The molecule has 28 heavy (non-hydrogen) atoms. The quantitative estimate of drug-likeness (QED) is 0.821. The molecule has 1 fully saturated rings. The summed E-state index contributed by atoms with van der Waals surface area (Å²) in [7, 11) is 0. The average molecular weight is 403 g/mol. The number of hydrogen-bond donors (Lipinski definition) is 2. The molecule has 1 aromatic heterocycles. The van der Waals surface area contributed by atoms with Crippen molar-refractivity contribution < 1.29 is 14.0 Å². The van der Waals surface area contributed by atoms with E-state index in [1.54, 1.807) is 17.0 Å². The molecular formula is C19H22FN5O2S. The van der Waals surface area contributed by atoms with Gasteiger partial charge in [-0.1, -0.05) is 0 Å². The molecule has 2 aliphatic rings. The normalized spacial score (nSPS) is 16.0. The predicted octanol–water partition coefficient (Wildman–Crippen LogP) is 2.24. The summed E-state index contributed by atoms with van der Waals surface area (Å²) in [5.41, 5.74) is 2.03. The highest BCUT2D eigenvalue weighted by Crippen LogP contribution is 2.30. The molecule has 1 aliphatic carbocycles. The van der Waals surface area contributed by atoms with E-state index in [4.69, 9.17) is 0 Å². The van der Waals surface area contributed by atoms with Crippen LogP contribution in [0.3, 0.4) is 0 Å². The summed E-state index contributed by atoms with van der Waals surface area (Å²) in [6.07, 6.45) is 3.14. The SMILES string of the molecule is O=C(CNC(=O)N1CCN(c2ccc(F)cc2)CC1)Nc1nc2c(s1)CCC2. The number of carbonyl (C=O) groups is 2. The lowest BCUT2D eigenvalue weighted by Crippen LogP contribution is -2.52. The summed E-state index contributed by atoms with van der Waals surface area (Å²) in [4.78, 5) is 33.9. The Bertz CT molecular complexity index is 840. The summed E-state index contributed by atoms with van der Waals surface area (Å²) in [6.45, 7) is 2.33. The minimum Gasteiger partial charge on any atom is -0.368 e. The molecule has 0 unspecified atom stereocenters. The molecule has 9 heteroatoms. The molecule has 2 aromatic rings. The second-order valence-corrected chi connectivity index (χ2v) is 7.98. The number of urea groups is 1. The zero-order chi connectivity index (χ0) is 19.5. The van der Waals surface area contributed by atoms with Crippen LogP contribution in [0.2, 0.25) is 0 Å².